The van der Waals surface area contributed by atoms with Gasteiger partial charge in [0.25, 0.3) is 0 Å². The van der Waals surface area contributed by atoms with Crippen LogP contribution in [-0.2, 0) is 10.2 Å². The molecule has 1 heterocycles. The van der Waals surface area contributed by atoms with Gasteiger partial charge in [0.15, 0.2) is 0 Å². The number of benzene rings is 2. The summed E-state index contributed by atoms with van der Waals surface area (Å²) in [6.07, 6.45) is 0. The number of nitrogens with zero attached hydrogens (tertiary/aromatic N) is 3. The molecule has 3 amide bonds. The maximum Gasteiger partial charge on any atom is 0.322 e. The molecule has 0 unspecified atom stereocenters. The number of rotatable bonds is 9. The molecule has 3 rings (SSSR count). The molecule has 3 aromatic rings. The zero-order valence-corrected chi connectivity index (χ0v) is 22.7. The van der Waals surface area contributed by atoms with Crippen molar-refractivity contribution in [3.8, 4) is 17.2 Å². The van der Waals surface area contributed by atoms with Gasteiger partial charge >= 0.3 is 6.03 Å². The Morgan fingerprint density at radius 2 is 1.51 bits per heavy atom. The molecule has 37 heavy (non-hydrogen) atoms. The lowest BCUT2D eigenvalue weighted by atomic mass is 9.92. The van der Waals surface area contributed by atoms with Crippen LogP contribution in [0.25, 0.3) is 5.69 Å². The Morgan fingerprint density at radius 3 is 2.03 bits per heavy atom. The Kier molecular flexibility index (Phi) is 8.81. The molecule has 198 valence electrons. The van der Waals surface area contributed by atoms with Crippen LogP contribution in [0.2, 0.25) is 0 Å². The quantitative estimate of drug-likeness (QED) is 0.409. The monoisotopic (exact) mass is 507 g/mol. The fourth-order valence-corrected chi connectivity index (χ4v) is 3.65. The summed E-state index contributed by atoms with van der Waals surface area (Å²) in [5, 5.41) is 10.6. The van der Waals surface area contributed by atoms with Crippen LogP contribution < -0.4 is 20.1 Å². The number of anilines is 2. The topological polar surface area (TPSA) is 97.7 Å². The lowest BCUT2D eigenvalue weighted by Crippen LogP contribution is -2.42. The minimum atomic E-state index is -0.354. The van der Waals surface area contributed by atoms with E-state index in [1.165, 1.54) is 4.90 Å². The second kappa shape index (κ2) is 11.8. The molecule has 0 fully saturated rings. The number of ether oxygens (including phenoxy) is 2. The smallest absolute Gasteiger partial charge is 0.322 e. The van der Waals surface area contributed by atoms with Gasteiger partial charge in [-0.3, -0.25) is 4.79 Å². The van der Waals surface area contributed by atoms with E-state index < -0.39 is 0 Å². The van der Waals surface area contributed by atoms with Crippen molar-refractivity contribution >= 4 is 23.4 Å². The van der Waals surface area contributed by atoms with Gasteiger partial charge in [-0.05, 0) is 54.4 Å². The predicted octanol–water partition coefficient (Wildman–Crippen LogP) is 5.32. The molecule has 0 saturated heterocycles. The summed E-state index contributed by atoms with van der Waals surface area (Å²) < 4.78 is 12.1. The normalized spacial score (nSPS) is 11.2. The zero-order chi connectivity index (χ0) is 27.2. The lowest BCUT2D eigenvalue weighted by Gasteiger charge is -2.24. The van der Waals surface area contributed by atoms with Crippen LogP contribution in [-0.4, -0.2) is 53.9 Å². The average molecular weight is 508 g/mol. The van der Waals surface area contributed by atoms with Gasteiger partial charge in [0.1, 0.15) is 23.9 Å². The first-order valence-electron chi connectivity index (χ1n) is 12.2. The van der Waals surface area contributed by atoms with E-state index in [4.69, 9.17) is 14.6 Å². The highest BCUT2D eigenvalue weighted by molar-refractivity contribution is 5.96. The number of hydrogen-bond donors (Lipinski definition) is 2. The molecule has 0 aliphatic rings. The summed E-state index contributed by atoms with van der Waals surface area (Å²) in [6.45, 7) is 10.5. The highest BCUT2D eigenvalue weighted by Gasteiger charge is 2.23. The van der Waals surface area contributed by atoms with Gasteiger partial charge < -0.3 is 25.0 Å². The molecule has 2 aromatic carbocycles. The van der Waals surface area contributed by atoms with E-state index in [-0.39, 0.29) is 29.8 Å². The number of amides is 3. The van der Waals surface area contributed by atoms with Crippen LogP contribution in [0.15, 0.2) is 54.6 Å². The summed E-state index contributed by atoms with van der Waals surface area (Å²) in [5.74, 6) is 1.80. The standard InChI is InChI=1S/C28H37N5O4/c1-19(2)17-32(27(35)29-20-8-12-22(36-6)13-9-20)18-26(34)30-25-16-24(28(3,4)5)31-33(25)21-10-14-23(37-7)15-11-21/h8-16,19H,17-18H2,1-7H3,(H,29,35)(H,30,34). The molecule has 0 saturated carbocycles. The van der Waals surface area contributed by atoms with Gasteiger partial charge in [-0.2, -0.15) is 5.10 Å². The molecular weight excluding hydrogens is 470 g/mol. The Balaban J connectivity index is 1.80. The molecule has 0 spiro atoms. The molecule has 0 bridgehead atoms. The fraction of sp³-hybridized carbons (Fsp3) is 0.393. The Bertz CT molecular complexity index is 1190. The summed E-state index contributed by atoms with van der Waals surface area (Å²) in [5.41, 5.74) is 2.00. The third-order valence-corrected chi connectivity index (χ3v) is 5.61. The number of nitrogens with one attached hydrogen (secondary N) is 2. The van der Waals surface area contributed by atoms with Gasteiger partial charge in [-0.1, -0.05) is 34.6 Å². The minimum absolute atomic E-state index is 0.112. The average Bonchev–Trinajstić information content (AvgIpc) is 3.28. The highest BCUT2D eigenvalue weighted by atomic mass is 16.5. The van der Waals surface area contributed by atoms with E-state index in [0.29, 0.717) is 23.8 Å². The third-order valence-electron chi connectivity index (χ3n) is 5.61. The van der Waals surface area contributed by atoms with Gasteiger partial charge in [0, 0.05) is 23.7 Å². The Morgan fingerprint density at radius 1 is 0.946 bits per heavy atom. The minimum Gasteiger partial charge on any atom is -0.497 e. The molecule has 0 atom stereocenters. The van der Waals surface area contributed by atoms with E-state index >= 15 is 0 Å². The zero-order valence-electron chi connectivity index (χ0n) is 22.7. The van der Waals surface area contributed by atoms with Crippen molar-refractivity contribution in [3.63, 3.8) is 0 Å². The van der Waals surface area contributed by atoms with Crippen LogP contribution in [0.1, 0.15) is 40.3 Å². The second-order valence-corrected chi connectivity index (χ2v) is 10.3. The van der Waals surface area contributed by atoms with E-state index in [0.717, 1.165) is 17.1 Å². The number of hydrogen-bond acceptors (Lipinski definition) is 5. The van der Waals surface area contributed by atoms with Crippen LogP contribution in [0.3, 0.4) is 0 Å². The van der Waals surface area contributed by atoms with Crippen molar-refractivity contribution in [2.45, 2.75) is 40.0 Å². The summed E-state index contributed by atoms with van der Waals surface area (Å²) in [4.78, 5) is 27.7. The van der Waals surface area contributed by atoms with E-state index in [9.17, 15) is 9.59 Å². The first-order valence-corrected chi connectivity index (χ1v) is 12.2. The Labute approximate surface area is 218 Å². The number of aromatic nitrogens is 2. The van der Waals surface area contributed by atoms with Gasteiger partial charge in [-0.15, -0.1) is 0 Å². The van der Waals surface area contributed by atoms with Crippen molar-refractivity contribution in [1.29, 1.82) is 0 Å². The van der Waals surface area contributed by atoms with Crippen molar-refractivity contribution in [3.05, 3.63) is 60.3 Å². The number of methoxy groups -OCH3 is 2. The summed E-state index contributed by atoms with van der Waals surface area (Å²) in [6, 6.07) is 16.0. The first-order chi connectivity index (χ1) is 17.5. The predicted molar refractivity (Wildman–Crippen MR) is 146 cm³/mol. The molecule has 0 aliphatic carbocycles. The second-order valence-electron chi connectivity index (χ2n) is 10.3. The molecule has 2 N–H and O–H groups in total. The maximum absolute atomic E-state index is 13.2. The van der Waals surface area contributed by atoms with Crippen molar-refractivity contribution < 1.29 is 19.1 Å². The Hall–Kier alpha value is -4.01. The summed E-state index contributed by atoms with van der Waals surface area (Å²) in [7, 11) is 3.20. The van der Waals surface area contributed by atoms with Crippen LogP contribution >= 0.6 is 0 Å². The maximum atomic E-state index is 13.2. The van der Waals surface area contributed by atoms with Crippen LogP contribution in [0, 0.1) is 5.92 Å². The lowest BCUT2D eigenvalue weighted by molar-refractivity contribution is -0.116. The third kappa shape index (κ3) is 7.49. The number of carbonyl (C=O) groups excluding carboxylic acids is 2. The number of carbonyl (C=O) groups is 2. The van der Waals surface area contributed by atoms with Crippen molar-refractivity contribution in [2.24, 2.45) is 5.92 Å². The van der Waals surface area contributed by atoms with E-state index in [2.05, 4.69) is 31.4 Å². The summed E-state index contributed by atoms with van der Waals surface area (Å²) >= 11 is 0. The number of urea groups is 1. The first kappa shape index (κ1) is 27.6. The molecule has 1 aromatic heterocycles. The van der Waals surface area contributed by atoms with Crippen molar-refractivity contribution in [1.82, 2.24) is 14.7 Å². The van der Waals surface area contributed by atoms with Gasteiger partial charge in [0.2, 0.25) is 5.91 Å². The van der Waals surface area contributed by atoms with Gasteiger partial charge in [-0.25, -0.2) is 9.48 Å². The van der Waals surface area contributed by atoms with Crippen molar-refractivity contribution in [2.75, 3.05) is 37.9 Å². The molecule has 9 nitrogen and oxygen atoms in total. The van der Waals surface area contributed by atoms with Crippen LogP contribution in [0.4, 0.5) is 16.3 Å². The molecule has 0 aliphatic heterocycles. The SMILES string of the molecule is COc1ccc(NC(=O)N(CC(=O)Nc2cc(C(C)(C)C)nn2-c2ccc(OC)cc2)CC(C)C)cc1. The van der Waals surface area contributed by atoms with E-state index in [1.807, 2.05) is 44.2 Å². The molecule has 9 heteroatoms. The van der Waals surface area contributed by atoms with Crippen LogP contribution in [0.5, 0.6) is 11.5 Å². The fourth-order valence-electron chi connectivity index (χ4n) is 3.65. The largest absolute Gasteiger partial charge is 0.497 e. The van der Waals surface area contributed by atoms with Gasteiger partial charge in [0.05, 0.1) is 25.6 Å². The molecular formula is C28H37N5O4. The molecule has 0 radical (unpaired) electrons. The van der Waals surface area contributed by atoms with E-state index in [1.54, 1.807) is 43.2 Å². The highest BCUT2D eigenvalue weighted by Crippen LogP contribution is 2.27.